The number of carbonyl (C=O) groups is 1. The molecule has 2 saturated heterocycles. The molecule has 0 radical (unpaired) electrons. The van der Waals surface area contributed by atoms with Gasteiger partial charge in [0.25, 0.3) is 5.91 Å². The lowest BCUT2D eigenvalue weighted by Gasteiger charge is -2.34. The number of primary amides is 1. The Hall–Kier alpha value is -1.96. The number of nitrogens with two attached hydrogens (primary N) is 1. The van der Waals surface area contributed by atoms with Crippen LogP contribution in [0.4, 0.5) is 0 Å². The third-order valence-corrected chi connectivity index (χ3v) is 6.16. The molecule has 1 atom stereocenters. The summed E-state index contributed by atoms with van der Waals surface area (Å²) in [5.74, 6) is 0.437. The number of hydrogen-bond acceptors (Lipinski definition) is 5. The largest absolute Gasteiger partial charge is 0.366 e. The van der Waals surface area contributed by atoms with E-state index in [0.29, 0.717) is 11.1 Å². The Labute approximate surface area is 166 Å². The average Bonchev–Trinajstić information content (AvgIpc) is 3.30. The van der Waals surface area contributed by atoms with Crippen molar-refractivity contribution in [2.45, 2.75) is 76.9 Å². The standard InChI is InChI=1S/C13H16N4O.C8H17NO/c1-13(6-3-7-15-13)12-16-9-5-2-4-8(11(14)18)10(9)17-12;1-7(2)5-6-8(3,4)9(7)10/h2,4-5,15H,3,6-7H2,1H3,(H2,14,18)(H,16,17);10H,5-6H2,1-4H3/t13-;/m0./s1. The summed E-state index contributed by atoms with van der Waals surface area (Å²) < 4.78 is 0. The highest BCUT2D eigenvalue weighted by Crippen LogP contribution is 2.38. The molecular formula is C21H33N5O2. The molecule has 0 unspecified atom stereocenters. The zero-order chi connectivity index (χ0) is 20.7. The molecule has 0 spiro atoms. The summed E-state index contributed by atoms with van der Waals surface area (Å²) >= 11 is 0. The highest BCUT2D eigenvalue weighted by atomic mass is 16.5. The van der Waals surface area contributed by atoms with E-state index in [2.05, 4.69) is 49.9 Å². The summed E-state index contributed by atoms with van der Waals surface area (Å²) in [5, 5.41) is 14.6. The third-order valence-electron chi connectivity index (χ3n) is 6.16. The van der Waals surface area contributed by atoms with Crippen LogP contribution in [0.15, 0.2) is 18.2 Å². The molecule has 0 saturated carbocycles. The summed E-state index contributed by atoms with van der Waals surface area (Å²) in [5.41, 5.74) is 7.18. The number of nitrogens with zero attached hydrogens (tertiary/aromatic N) is 2. The van der Waals surface area contributed by atoms with Crippen LogP contribution in [-0.2, 0) is 5.54 Å². The molecule has 1 amide bonds. The Morgan fingerprint density at radius 2 is 1.79 bits per heavy atom. The molecule has 154 valence electrons. The summed E-state index contributed by atoms with van der Waals surface area (Å²) in [6.45, 7) is 11.4. The van der Waals surface area contributed by atoms with Gasteiger partial charge in [0.2, 0.25) is 0 Å². The van der Waals surface area contributed by atoms with Gasteiger partial charge in [-0.05, 0) is 79.0 Å². The number of rotatable bonds is 2. The van der Waals surface area contributed by atoms with Crippen LogP contribution in [0, 0.1) is 0 Å². The lowest BCUT2D eigenvalue weighted by Crippen LogP contribution is -2.45. The molecule has 2 fully saturated rings. The predicted octanol–water partition coefficient (Wildman–Crippen LogP) is 3.29. The molecule has 4 rings (SSSR count). The second-order valence-corrected chi connectivity index (χ2v) is 9.45. The fraction of sp³-hybridized carbons (Fsp3) is 0.619. The van der Waals surface area contributed by atoms with Gasteiger partial charge in [-0.25, -0.2) is 4.98 Å². The van der Waals surface area contributed by atoms with Gasteiger partial charge in [-0.1, -0.05) is 6.07 Å². The van der Waals surface area contributed by atoms with Gasteiger partial charge in [0.1, 0.15) is 11.3 Å². The van der Waals surface area contributed by atoms with E-state index in [4.69, 9.17) is 5.73 Å². The van der Waals surface area contributed by atoms with Gasteiger partial charge < -0.3 is 21.2 Å². The summed E-state index contributed by atoms with van der Waals surface area (Å²) in [6.07, 6.45) is 4.34. The van der Waals surface area contributed by atoms with Crippen molar-refractivity contribution >= 4 is 16.9 Å². The summed E-state index contributed by atoms with van der Waals surface area (Å²) in [6, 6.07) is 5.44. The van der Waals surface area contributed by atoms with Crippen LogP contribution in [0.25, 0.3) is 11.0 Å². The number of hydrogen-bond donors (Lipinski definition) is 4. The van der Waals surface area contributed by atoms with Gasteiger partial charge >= 0.3 is 0 Å². The molecule has 7 heteroatoms. The van der Waals surface area contributed by atoms with Crippen LogP contribution in [-0.4, -0.2) is 43.8 Å². The highest BCUT2D eigenvalue weighted by molar-refractivity contribution is 6.04. The number of H-pyrrole nitrogens is 1. The van der Waals surface area contributed by atoms with E-state index in [1.54, 1.807) is 6.07 Å². The number of aromatic nitrogens is 2. The van der Waals surface area contributed by atoms with Crippen LogP contribution in [0.2, 0.25) is 0 Å². The van der Waals surface area contributed by atoms with E-state index < -0.39 is 5.91 Å². The lowest BCUT2D eigenvalue weighted by atomic mass is 10.00. The molecule has 2 aliphatic rings. The first-order valence-corrected chi connectivity index (χ1v) is 10.00. The number of amides is 1. The number of carbonyl (C=O) groups excluding carboxylic acids is 1. The Kier molecular flexibility index (Phi) is 5.29. The molecule has 2 aliphatic heterocycles. The number of hydroxylamine groups is 2. The predicted molar refractivity (Wildman–Crippen MR) is 110 cm³/mol. The Morgan fingerprint density at radius 3 is 2.25 bits per heavy atom. The molecule has 1 aromatic carbocycles. The van der Waals surface area contributed by atoms with E-state index in [0.717, 1.165) is 43.6 Å². The maximum Gasteiger partial charge on any atom is 0.250 e. The molecule has 0 aliphatic carbocycles. The van der Waals surface area contributed by atoms with Crippen LogP contribution in [0.3, 0.4) is 0 Å². The number of imidazole rings is 1. The third kappa shape index (κ3) is 3.79. The summed E-state index contributed by atoms with van der Waals surface area (Å²) in [7, 11) is 0. The van der Waals surface area contributed by atoms with Gasteiger partial charge in [0.15, 0.2) is 0 Å². The number of aromatic amines is 1. The highest BCUT2D eigenvalue weighted by Gasteiger charge is 2.43. The van der Waals surface area contributed by atoms with Crippen molar-refractivity contribution in [3.8, 4) is 0 Å². The number of fused-ring (bicyclic) bond motifs is 1. The Morgan fingerprint density at radius 1 is 1.14 bits per heavy atom. The first-order chi connectivity index (χ1) is 13.0. The Balaban J connectivity index is 0.000000192. The zero-order valence-corrected chi connectivity index (χ0v) is 17.6. The topological polar surface area (TPSA) is 107 Å². The van der Waals surface area contributed by atoms with Crippen LogP contribution in [0.1, 0.15) is 76.5 Å². The second kappa shape index (κ2) is 7.13. The van der Waals surface area contributed by atoms with Crippen molar-refractivity contribution in [3.05, 3.63) is 29.6 Å². The van der Waals surface area contributed by atoms with Crippen LogP contribution < -0.4 is 11.1 Å². The van der Waals surface area contributed by atoms with Crippen molar-refractivity contribution < 1.29 is 10.0 Å². The van der Waals surface area contributed by atoms with Gasteiger partial charge in [0.05, 0.1) is 16.6 Å². The molecule has 1 aromatic heterocycles. The average molecular weight is 388 g/mol. The van der Waals surface area contributed by atoms with Crippen molar-refractivity contribution in [1.82, 2.24) is 20.3 Å². The van der Waals surface area contributed by atoms with Gasteiger partial charge in [-0.15, -0.1) is 0 Å². The minimum absolute atomic E-state index is 0.0243. The fourth-order valence-corrected chi connectivity index (χ4v) is 4.23. The monoisotopic (exact) mass is 387 g/mol. The van der Waals surface area contributed by atoms with E-state index in [-0.39, 0.29) is 16.6 Å². The van der Waals surface area contributed by atoms with Gasteiger partial charge in [-0.2, -0.15) is 5.06 Å². The van der Waals surface area contributed by atoms with E-state index in [9.17, 15) is 10.0 Å². The van der Waals surface area contributed by atoms with Crippen molar-refractivity contribution in [2.75, 3.05) is 6.54 Å². The van der Waals surface area contributed by atoms with Crippen LogP contribution >= 0.6 is 0 Å². The minimum Gasteiger partial charge on any atom is -0.366 e. The minimum atomic E-state index is -0.441. The normalized spacial score (nSPS) is 26.2. The molecule has 5 N–H and O–H groups in total. The van der Waals surface area contributed by atoms with Gasteiger partial charge in [0, 0.05) is 11.1 Å². The number of nitrogens with one attached hydrogen (secondary N) is 2. The van der Waals surface area contributed by atoms with E-state index >= 15 is 0 Å². The van der Waals surface area contributed by atoms with Crippen molar-refractivity contribution in [3.63, 3.8) is 0 Å². The van der Waals surface area contributed by atoms with E-state index in [1.165, 1.54) is 5.06 Å². The fourth-order valence-electron chi connectivity index (χ4n) is 4.23. The Bertz CT molecular complexity index is 849. The first-order valence-electron chi connectivity index (χ1n) is 10.00. The number of para-hydroxylation sites is 1. The molecule has 3 heterocycles. The lowest BCUT2D eigenvalue weighted by molar-refractivity contribution is -0.191. The zero-order valence-electron chi connectivity index (χ0n) is 17.6. The van der Waals surface area contributed by atoms with Crippen LogP contribution in [0.5, 0.6) is 0 Å². The quantitative estimate of drug-likeness (QED) is 0.632. The van der Waals surface area contributed by atoms with Crippen molar-refractivity contribution in [1.29, 1.82) is 0 Å². The van der Waals surface area contributed by atoms with Crippen molar-refractivity contribution in [2.24, 2.45) is 5.73 Å². The SMILES string of the molecule is CC1(C)CCC(C)(C)N1O.C[C@@]1(c2nc3c(C(N)=O)cccc3[nH]2)CCCN1. The maximum absolute atomic E-state index is 11.4. The molecule has 7 nitrogen and oxygen atoms in total. The molecular weight excluding hydrogens is 354 g/mol. The van der Waals surface area contributed by atoms with Gasteiger partial charge in [-0.3, -0.25) is 4.79 Å². The molecule has 2 aromatic rings. The number of benzene rings is 1. The molecule has 28 heavy (non-hydrogen) atoms. The molecule has 0 bridgehead atoms. The smallest absolute Gasteiger partial charge is 0.250 e. The maximum atomic E-state index is 11.4. The first kappa shape index (κ1) is 20.8. The second-order valence-electron chi connectivity index (χ2n) is 9.45. The van der Waals surface area contributed by atoms with E-state index in [1.807, 2.05) is 12.1 Å². The summed E-state index contributed by atoms with van der Waals surface area (Å²) in [4.78, 5) is 19.2.